The van der Waals surface area contributed by atoms with Crippen LogP contribution in [0, 0.1) is 0 Å². The minimum atomic E-state index is -4.79. The molecule has 5 nitrogen and oxygen atoms in total. The molecule has 0 aliphatic carbocycles. The van der Waals surface area contributed by atoms with E-state index in [0.717, 1.165) is 16.8 Å². The first kappa shape index (κ1) is 15.2. The monoisotopic (exact) mass is 320 g/mol. The molecule has 0 bridgehead atoms. The van der Waals surface area contributed by atoms with Gasteiger partial charge in [-0.1, -0.05) is 11.6 Å². The smallest absolute Gasteiger partial charge is 0.420 e. The molecule has 0 fully saturated rings. The van der Waals surface area contributed by atoms with Gasteiger partial charge in [0.25, 0.3) is 0 Å². The number of alkyl halides is 3. The molecule has 1 aromatic carbocycles. The molecule has 112 valence electrons. The maximum atomic E-state index is 12.8. The summed E-state index contributed by atoms with van der Waals surface area (Å²) in [6, 6.07) is 2.75. The third-order valence-corrected chi connectivity index (χ3v) is 2.97. The van der Waals surface area contributed by atoms with Crippen LogP contribution in [0.3, 0.4) is 0 Å². The molecule has 1 aromatic heterocycles. The Kier molecular flexibility index (Phi) is 3.58. The highest BCUT2D eigenvalue weighted by Crippen LogP contribution is 2.43. The van der Waals surface area contributed by atoms with Gasteiger partial charge in [-0.2, -0.15) is 18.3 Å². The first-order valence-electron chi connectivity index (χ1n) is 5.48. The Hall–Kier alpha value is -2.22. The van der Waals surface area contributed by atoms with Crippen LogP contribution in [0.1, 0.15) is 16.1 Å². The molecule has 1 heterocycles. The third-order valence-electron chi connectivity index (χ3n) is 2.75. The van der Waals surface area contributed by atoms with Crippen LogP contribution in [-0.4, -0.2) is 26.0 Å². The highest BCUT2D eigenvalue weighted by Gasteiger charge is 2.36. The highest BCUT2D eigenvalue weighted by molar-refractivity contribution is 6.31. The Labute approximate surface area is 121 Å². The highest BCUT2D eigenvalue weighted by atomic mass is 35.5. The van der Waals surface area contributed by atoms with Crippen LogP contribution >= 0.6 is 11.6 Å². The van der Waals surface area contributed by atoms with Crippen LogP contribution in [0.4, 0.5) is 13.2 Å². The summed E-state index contributed by atoms with van der Waals surface area (Å²) < 4.78 is 39.5. The molecular formula is C12H8ClF3N2O3. The number of aromatic hydroxyl groups is 1. The fourth-order valence-electron chi connectivity index (χ4n) is 1.83. The third kappa shape index (κ3) is 2.80. The Morgan fingerprint density at radius 1 is 1.33 bits per heavy atom. The normalized spacial score (nSPS) is 11.7. The lowest BCUT2D eigenvalue weighted by atomic mass is 10.1. The van der Waals surface area contributed by atoms with Gasteiger partial charge in [-0.25, -0.2) is 4.79 Å². The number of phenolic OH excluding ortho intramolecular Hbond substituents is 1. The molecule has 0 aliphatic rings. The van der Waals surface area contributed by atoms with Crippen molar-refractivity contribution < 1.29 is 28.2 Å². The Bertz CT molecular complexity index is 725. The van der Waals surface area contributed by atoms with E-state index in [-0.39, 0.29) is 22.0 Å². The van der Waals surface area contributed by atoms with Crippen LogP contribution in [0.25, 0.3) is 11.3 Å². The second-order valence-electron chi connectivity index (χ2n) is 4.19. The summed E-state index contributed by atoms with van der Waals surface area (Å²) in [4.78, 5) is 10.8. The van der Waals surface area contributed by atoms with Crippen molar-refractivity contribution in [1.82, 2.24) is 9.78 Å². The van der Waals surface area contributed by atoms with Crippen LogP contribution in [-0.2, 0) is 13.2 Å². The van der Waals surface area contributed by atoms with E-state index in [0.29, 0.717) is 6.07 Å². The summed E-state index contributed by atoms with van der Waals surface area (Å²) in [5.74, 6) is -2.37. The predicted octanol–water partition coefficient (Wildman–Crippen LogP) is 3.16. The van der Waals surface area contributed by atoms with Crippen molar-refractivity contribution >= 4 is 17.6 Å². The quantitative estimate of drug-likeness (QED) is 0.891. The number of hydrogen-bond donors (Lipinski definition) is 2. The van der Waals surface area contributed by atoms with E-state index in [2.05, 4.69) is 5.10 Å². The molecule has 0 spiro atoms. The number of aryl methyl sites for hydroxylation is 1. The SMILES string of the molecule is Cn1nc(C(=O)O)cc1-c1cc(Cl)cc(C(F)(F)F)c1O. The van der Waals surface area contributed by atoms with Crippen LogP contribution in [0.2, 0.25) is 5.02 Å². The first-order chi connectivity index (χ1) is 9.61. The fourth-order valence-corrected chi connectivity index (χ4v) is 2.05. The van der Waals surface area contributed by atoms with Gasteiger partial charge < -0.3 is 10.2 Å². The summed E-state index contributed by atoms with van der Waals surface area (Å²) in [7, 11) is 1.34. The number of halogens is 4. The minimum absolute atomic E-state index is 0.00194. The molecule has 2 aromatic rings. The van der Waals surface area contributed by atoms with Crippen LogP contribution < -0.4 is 0 Å². The van der Waals surface area contributed by atoms with E-state index in [1.54, 1.807) is 0 Å². The largest absolute Gasteiger partial charge is 0.507 e. The zero-order chi connectivity index (χ0) is 15.9. The molecule has 0 radical (unpaired) electrons. The van der Waals surface area contributed by atoms with Crippen molar-refractivity contribution in [3.63, 3.8) is 0 Å². The lowest BCUT2D eigenvalue weighted by molar-refractivity contribution is -0.138. The second kappa shape index (κ2) is 4.96. The van der Waals surface area contributed by atoms with Gasteiger partial charge in [0, 0.05) is 17.6 Å². The maximum absolute atomic E-state index is 12.8. The number of benzene rings is 1. The molecule has 0 atom stereocenters. The van der Waals surface area contributed by atoms with Crippen molar-refractivity contribution in [1.29, 1.82) is 0 Å². The molecule has 2 N–H and O–H groups in total. The molecule has 0 saturated carbocycles. The van der Waals surface area contributed by atoms with Gasteiger partial charge in [-0.3, -0.25) is 4.68 Å². The Morgan fingerprint density at radius 2 is 1.95 bits per heavy atom. The van der Waals surface area contributed by atoms with E-state index in [1.807, 2.05) is 0 Å². The second-order valence-corrected chi connectivity index (χ2v) is 4.63. The van der Waals surface area contributed by atoms with Crippen molar-refractivity contribution in [3.8, 4) is 17.0 Å². The summed E-state index contributed by atoms with van der Waals surface area (Å²) in [6.45, 7) is 0. The van der Waals surface area contributed by atoms with Crippen LogP contribution in [0.5, 0.6) is 5.75 Å². The van der Waals surface area contributed by atoms with Gasteiger partial charge in [0.05, 0.1) is 11.3 Å². The lowest BCUT2D eigenvalue weighted by Crippen LogP contribution is -2.06. The Morgan fingerprint density at radius 3 is 2.43 bits per heavy atom. The number of aromatic nitrogens is 2. The summed E-state index contributed by atoms with van der Waals surface area (Å²) in [5.41, 5.74) is -1.92. The average Bonchev–Trinajstić information content (AvgIpc) is 2.72. The summed E-state index contributed by atoms with van der Waals surface area (Å²) >= 11 is 5.64. The van der Waals surface area contributed by atoms with Gasteiger partial charge in [-0.15, -0.1) is 0 Å². The van der Waals surface area contributed by atoms with E-state index in [1.165, 1.54) is 7.05 Å². The number of aromatic carboxylic acids is 1. The van der Waals surface area contributed by atoms with Crippen LogP contribution in [0.15, 0.2) is 18.2 Å². The molecule has 21 heavy (non-hydrogen) atoms. The summed E-state index contributed by atoms with van der Waals surface area (Å²) in [5, 5.41) is 22.0. The number of carboxylic acids is 1. The zero-order valence-electron chi connectivity index (χ0n) is 10.4. The number of hydrogen-bond acceptors (Lipinski definition) is 3. The predicted molar refractivity (Wildman–Crippen MR) is 67.3 cm³/mol. The molecular weight excluding hydrogens is 313 g/mol. The number of nitrogens with zero attached hydrogens (tertiary/aromatic N) is 2. The summed E-state index contributed by atoms with van der Waals surface area (Å²) in [6.07, 6.45) is -4.79. The van der Waals surface area contributed by atoms with Gasteiger partial charge >= 0.3 is 12.1 Å². The van der Waals surface area contributed by atoms with E-state index in [9.17, 15) is 23.1 Å². The molecule has 0 unspecified atom stereocenters. The van der Waals surface area contributed by atoms with E-state index in [4.69, 9.17) is 16.7 Å². The van der Waals surface area contributed by atoms with Gasteiger partial charge in [-0.05, 0) is 18.2 Å². The maximum Gasteiger partial charge on any atom is 0.420 e. The van der Waals surface area contributed by atoms with E-state index < -0.39 is 23.5 Å². The zero-order valence-corrected chi connectivity index (χ0v) is 11.2. The average molecular weight is 321 g/mol. The fraction of sp³-hybridized carbons (Fsp3) is 0.167. The topological polar surface area (TPSA) is 75.4 Å². The molecule has 2 rings (SSSR count). The first-order valence-corrected chi connectivity index (χ1v) is 5.86. The van der Waals surface area contributed by atoms with Gasteiger partial charge in [0.15, 0.2) is 5.69 Å². The minimum Gasteiger partial charge on any atom is -0.507 e. The molecule has 0 aliphatic heterocycles. The van der Waals surface area contributed by atoms with E-state index >= 15 is 0 Å². The van der Waals surface area contributed by atoms with Crippen molar-refractivity contribution in [3.05, 3.63) is 34.5 Å². The standard InChI is InChI=1S/C12H8ClF3N2O3/c1-18-9(4-8(17-18)11(20)21)6-2-5(13)3-7(10(6)19)12(14,15)16/h2-4,19H,1H3,(H,20,21). The van der Waals surface area contributed by atoms with Crippen molar-refractivity contribution in [2.75, 3.05) is 0 Å². The number of rotatable bonds is 2. The lowest BCUT2D eigenvalue weighted by Gasteiger charge is -2.13. The molecule has 0 amide bonds. The van der Waals surface area contributed by atoms with Crippen molar-refractivity contribution in [2.24, 2.45) is 7.05 Å². The molecule has 9 heteroatoms. The van der Waals surface area contributed by atoms with Gasteiger partial charge in [0.2, 0.25) is 0 Å². The van der Waals surface area contributed by atoms with Crippen molar-refractivity contribution in [2.45, 2.75) is 6.18 Å². The molecule has 0 saturated heterocycles. The number of carboxylic acid groups (broad SMARTS) is 1. The van der Waals surface area contributed by atoms with Gasteiger partial charge in [0.1, 0.15) is 5.75 Å². The number of phenols is 1. The number of carbonyl (C=O) groups is 1. The Balaban J connectivity index is 2.70.